The van der Waals surface area contributed by atoms with Gasteiger partial charge in [0.2, 0.25) is 0 Å². The Labute approximate surface area is 291 Å². The monoisotopic (exact) mass is 695 g/mol. The smallest absolute Gasteiger partial charge is 0.317 e. The minimum atomic E-state index is -1.57. The van der Waals surface area contributed by atoms with Crippen molar-refractivity contribution < 1.29 is 39.9 Å². The van der Waals surface area contributed by atoms with E-state index in [2.05, 4.69) is 21.7 Å². The third-order valence-electron chi connectivity index (χ3n) is 8.60. The molecule has 272 valence electrons. The molecule has 1 aromatic heterocycles. The zero-order chi connectivity index (χ0) is 35.9. The SMILES string of the molecule is O=C(O)CN1CCN(CC(O)O)CCN(CC(=O)O)CCN(CC(O)NCCCNC(=O)c2ccc(-c3ccc4ncccc4c3)cc2)CC1. The number of carbonyl (C=O) groups excluding carboxylic acids is 1. The molecule has 2 aromatic carbocycles. The van der Waals surface area contributed by atoms with Crippen molar-refractivity contribution in [2.75, 3.05) is 91.6 Å². The average molecular weight is 696 g/mol. The van der Waals surface area contributed by atoms with Crippen LogP contribution in [0.2, 0.25) is 0 Å². The highest BCUT2D eigenvalue weighted by Crippen LogP contribution is 2.24. The Morgan fingerprint density at radius 2 is 1.26 bits per heavy atom. The number of carboxylic acid groups (broad SMARTS) is 2. The number of nitrogens with zero attached hydrogens (tertiary/aromatic N) is 5. The molecule has 4 rings (SSSR count). The van der Waals surface area contributed by atoms with Crippen LogP contribution in [0.15, 0.2) is 60.8 Å². The number of amides is 1. The number of hydrogen-bond acceptors (Lipinski definition) is 12. The Balaban J connectivity index is 1.23. The molecule has 0 spiro atoms. The number of aliphatic hydroxyl groups excluding tert-OH is 2. The first kappa shape index (κ1) is 38.7. The highest BCUT2D eigenvalue weighted by atomic mass is 16.5. The van der Waals surface area contributed by atoms with Gasteiger partial charge in [-0.3, -0.25) is 44.3 Å². The van der Waals surface area contributed by atoms with Gasteiger partial charge in [-0.05, 0) is 54.4 Å². The zero-order valence-electron chi connectivity index (χ0n) is 28.2. The fourth-order valence-electron chi connectivity index (χ4n) is 5.91. The van der Waals surface area contributed by atoms with Crippen LogP contribution < -0.4 is 10.6 Å². The lowest BCUT2D eigenvalue weighted by molar-refractivity contribution is -0.139. The first-order valence-corrected chi connectivity index (χ1v) is 16.9. The number of aliphatic carboxylic acids is 2. The molecule has 7 N–H and O–H groups in total. The predicted molar refractivity (Wildman–Crippen MR) is 187 cm³/mol. The normalized spacial score (nSPS) is 16.9. The van der Waals surface area contributed by atoms with Crippen LogP contribution >= 0.6 is 0 Å². The van der Waals surface area contributed by atoms with Crippen molar-refractivity contribution in [2.24, 2.45) is 0 Å². The third-order valence-corrected chi connectivity index (χ3v) is 8.60. The summed E-state index contributed by atoms with van der Waals surface area (Å²) < 4.78 is 0. The summed E-state index contributed by atoms with van der Waals surface area (Å²) in [5, 5.41) is 55.7. The number of aromatic nitrogens is 1. The number of aliphatic hydroxyl groups is 3. The molecule has 1 unspecified atom stereocenters. The molecule has 2 heterocycles. The van der Waals surface area contributed by atoms with Gasteiger partial charge in [0.15, 0.2) is 6.29 Å². The summed E-state index contributed by atoms with van der Waals surface area (Å²) in [5.74, 6) is -2.14. The zero-order valence-corrected chi connectivity index (χ0v) is 28.2. The number of benzene rings is 2. The first-order valence-electron chi connectivity index (χ1n) is 16.9. The molecule has 1 amide bonds. The van der Waals surface area contributed by atoms with Crippen LogP contribution in [0.25, 0.3) is 22.0 Å². The molecule has 15 heteroatoms. The number of carbonyl (C=O) groups is 3. The minimum Gasteiger partial charge on any atom is -0.480 e. The predicted octanol–water partition coefficient (Wildman–Crippen LogP) is -0.369. The summed E-state index contributed by atoms with van der Waals surface area (Å²) in [6.45, 7) is 3.80. The van der Waals surface area contributed by atoms with Crippen LogP contribution in [0, 0.1) is 0 Å². The maximum absolute atomic E-state index is 12.7. The maximum Gasteiger partial charge on any atom is 0.317 e. The summed E-state index contributed by atoms with van der Waals surface area (Å²) in [6, 6.07) is 17.4. The number of rotatable bonds is 15. The molecule has 1 atom stereocenters. The lowest BCUT2D eigenvalue weighted by atomic mass is 10.0. The van der Waals surface area contributed by atoms with E-state index in [1.54, 1.807) is 33.0 Å². The van der Waals surface area contributed by atoms with Gasteiger partial charge in [-0.2, -0.15) is 0 Å². The van der Waals surface area contributed by atoms with Crippen LogP contribution in [0.4, 0.5) is 0 Å². The van der Waals surface area contributed by atoms with Gasteiger partial charge in [0.1, 0.15) is 6.23 Å². The molecule has 15 nitrogen and oxygen atoms in total. The minimum absolute atomic E-state index is 0.0340. The van der Waals surface area contributed by atoms with Crippen molar-refractivity contribution in [3.05, 3.63) is 66.4 Å². The molecule has 1 fully saturated rings. The number of carboxylic acids is 2. The van der Waals surface area contributed by atoms with Crippen molar-refractivity contribution >= 4 is 28.7 Å². The Morgan fingerprint density at radius 3 is 1.84 bits per heavy atom. The Hall–Kier alpha value is -4.06. The van der Waals surface area contributed by atoms with E-state index in [4.69, 9.17) is 0 Å². The first-order chi connectivity index (χ1) is 24.0. The van der Waals surface area contributed by atoms with Gasteiger partial charge in [0.25, 0.3) is 5.91 Å². The number of hydrogen-bond donors (Lipinski definition) is 7. The fraction of sp³-hybridized carbons (Fsp3) is 0.486. The van der Waals surface area contributed by atoms with Gasteiger partial charge >= 0.3 is 11.9 Å². The molecular formula is C35H49N7O8. The summed E-state index contributed by atoms with van der Waals surface area (Å²) in [4.78, 5) is 47.4. The fourth-order valence-corrected chi connectivity index (χ4v) is 5.91. The van der Waals surface area contributed by atoms with E-state index in [0.29, 0.717) is 77.4 Å². The molecule has 0 aliphatic carbocycles. The highest BCUT2D eigenvalue weighted by Gasteiger charge is 2.21. The van der Waals surface area contributed by atoms with E-state index < -0.39 is 24.5 Å². The molecule has 1 aliphatic rings. The number of pyridine rings is 1. The molecule has 0 radical (unpaired) electrons. The maximum atomic E-state index is 12.7. The second-order valence-corrected chi connectivity index (χ2v) is 12.5. The summed E-state index contributed by atoms with van der Waals surface area (Å²) >= 11 is 0. The van der Waals surface area contributed by atoms with Crippen LogP contribution in [0.1, 0.15) is 16.8 Å². The topological polar surface area (TPSA) is 202 Å². The van der Waals surface area contributed by atoms with Crippen LogP contribution in [0.5, 0.6) is 0 Å². The quantitative estimate of drug-likeness (QED) is 0.0802. The largest absolute Gasteiger partial charge is 0.480 e. The van der Waals surface area contributed by atoms with Crippen LogP contribution in [-0.2, 0) is 9.59 Å². The van der Waals surface area contributed by atoms with Crippen molar-refractivity contribution in [1.82, 2.24) is 35.2 Å². The summed E-state index contributed by atoms with van der Waals surface area (Å²) in [7, 11) is 0. The molecule has 1 aliphatic heterocycles. The Kier molecular flexibility index (Phi) is 15.5. The van der Waals surface area contributed by atoms with Gasteiger partial charge in [-0.15, -0.1) is 0 Å². The Bertz CT molecular complexity index is 1490. The molecule has 1 saturated heterocycles. The molecule has 3 aromatic rings. The highest BCUT2D eigenvalue weighted by molar-refractivity contribution is 5.95. The van der Waals surface area contributed by atoms with Gasteiger partial charge in [-0.25, -0.2) is 0 Å². The van der Waals surface area contributed by atoms with Crippen LogP contribution in [0.3, 0.4) is 0 Å². The standard InChI is InChI=1S/C35H49N7O8/c43-31(22-39-13-15-40(23-32(44)45)17-19-42(25-34(48)49)20-18-41(16-14-39)24-33(46)47)37-11-2-12-38-35(50)27-6-4-26(5-7-27)28-8-9-30-29(21-28)3-1-10-36-30/h1,3-10,21,31,34,37,43,48-49H,2,11-20,22-25H2,(H,38,50)(H,44,45)(H,46,47). The van der Waals surface area contributed by atoms with Crippen molar-refractivity contribution in [1.29, 1.82) is 0 Å². The summed E-state index contributed by atoms with van der Waals surface area (Å²) in [5.41, 5.74) is 3.51. The second kappa shape index (κ2) is 20.0. The van der Waals surface area contributed by atoms with E-state index in [1.807, 2.05) is 41.3 Å². The van der Waals surface area contributed by atoms with E-state index in [0.717, 1.165) is 22.0 Å². The van der Waals surface area contributed by atoms with Gasteiger partial charge < -0.3 is 30.8 Å². The van der Waals surface area contributed by atoms with Crippen molar-refractivity contribution in [3.63, 3.8) is 0 Å². The second-order valence-electron chi connectivity index (χ2n) is 12.5. The lowest BCUT2D eigenvalue weighted by Gasteiger charge is -2.34. The third kappa shape index (κ3) is 13.3. The van der Waals surface area contributed by atoms with Crippen molar-refractivity contribution in [2.45, 2.75) is 18.9 Å². The number of nitrogens with one attached hydrogen (secondary N) is 2. The number of fused-ring (bicyclic) bond motifs is 1. The summed E-state index contributed by atoms with van der Waals surface area (Å²) in [6.07, 6.45) is -0.134. The number of β-amino-alcohol motifs (C(OH)–C–C–N with tert-alkyl or cyclic N) is 3. The molecular weight excluding hydrogens is 646 g/mol. The Morgan fingerprint density at radius 1 is 0.700 bits per heavy atom. The van der Waals surface area contributed by atoms with Crippen molar-refractivity contribution in [3.8, 4) is 11.1 Å². The van der Waals surface area contributed by atoms with Gasteiger partial charge in [0, 0.05) is 89.1 Å². The van der Waals surface area contributed by atoms with Gasteiger partial charge in [-0.1, -0.05) is 24.3 Å². The van der Waals surface area contributed by atoms with Crippen LogP contribution in [-0.4, -0.2) is 172 Å². The van der Waals surface area contributed by atoms with Gasteiger partial charge in [0.05, 0.1) is 18.6 Å². The van der Waals surface area contributed by atoms with E-state index in [9.17, 15) is 39.9 Å². The molecule has 0 bridgehead atoms. The van der Waals surface area contributed by atoms with E-state index in [-0.39, 0.29) is 32.1 Å². The average Bonchev–Trinajstić information content (AvgIpc) is 3.08. The van der Waals surface area contributed by atoms with E-state index >= 15 is 0 Å². The lowest BCUT2D eigenvalue weighted by Crippen LogP contribution is -2.50. The molecule has 0 saturated carbocycles. The van der Waals surface area contributed by atoms with E-state index in [1.165, 1.54) is 0 Å². The molecule has 50 heavy (non-hydrogen) atoms.